The van der Waals surface area contributed by atoms with Crippen molar-refractivity contribution in [2.75, 3.05) is 10.0 Å². The standard InChI is InChI=1S/C10H10BrN5O3S2/c1-5-3-7(4-12-8(5)11)16-21(18,19)10-15-14-9(20-10)13-6(2)17/h3-4,16H,1-2H3,(H,13,14,17). The van der Waals surface area contributed by atoms with E-state index in [2.05, 4.69) is 41.2 Å². The number of anilines is 2. The van der Waals surface area contributed by atoms with Crippen LogP contribution in [0, 0.1) is 6.92 Å². The number of amides is 1. The Morgan fingerprint density at radius 3 is 2.71 bits per heavy atom. The molecule has 2 aromatic rings. The van der Waals surface area contributed by atoms with Crippen LogP contribution in [-0.2, 0) is 14.8 Å². The number of rotatable bonds is 4. The third-order valence-electron chi connectivity index (χ3n) is 2.19. The lowest BCUT2D eigenvalue weighted by Crippen LogP contribution is -2.13. The molecular weight excluding hydrogens is 382 g/mol. The molecule has 0 saturated carbocycles. The third-order valence-corrected chi connectivity index (χ3v) is 5.60. The minimum absolute atomic E-state index is 0.119. The van der Waals surface area contributed by atoms with Crippen molar-refractivity contribution in [1.82, 2.24) is 15.2 Å². The maximum absolute atomic E-state index is 12.1. The first-order valence-corrected chi connectivity index (χ1v) is 8.63. The van der Waals surface area contributed by atoms with Crippen LogP contribution in [0.15, 0.2) is 21.2 Å². The van der Waals surface area contributed by atoms with Crippen molar-refractivity contribution >= 4 is 54.0 Å². The van der Waals surface area contributed by atoms with Gasteiger partial charge in [-0.2, -0.15) is 8.42 Å². The highest BCUT2D eigenvalue weighted by molar-refractivity contribution is 9.10. The molecule has 0 aromatic carbocycles. The molecule has 0 spiro atoms. The van der Waals surface area contributed by atoms with E-state index in [0.717, 1.165) is 16.9 Å². The molecule has 0 atom stereocenters. The molecule has 0 aliphatic rings. The van der Waals surface area contributed by atoms with Gasteiger partial charge in [0.25, 0.3) is 14.4 Å². The Morgan fingerprint density at radius 2 is 2.10 bits per heavy atom. The number of hydrogen-bond donors (Lipinski definition) is 2. The fourth-order valence-electron chi connectivity index (χ4n) is 1.33. The average Bonchev–Trinajstić information content (AvgIpc) is 2.82. The first-order chi connectivity index (χ1) is 9.78. The second-order valence-electron chi connectivity index (χ2n) is 3.99. The maximum Gasteiger partial charge on any atom is 0.291 e. The molecule has 2 aromatic heterocycles. The first kappa shape index (κ1) is 15.8. The number of nitrogens with one attached hydrogen (secondary N) is 2. The topological polar surface area (TPSA) is 114 Å². The summed E-state index contributed by atoms with van der Waals surface area (Å²) in [6, 6.07) is 1.63. The number of nitrogens with zero attached hydrogens (tertiary/aromatic N) is 3. The van der Waals surface area contributed by atoms with Gasteiger partial charge in [0, 0.05) is 6.92 Å². The van der Waals surface area contributed by atoms with Crippen LogP contribution in [0.4, 0.5) is 10.8 Å². The van der Waals surface area contributed by atoms with Crippen LogP contribution < -0.4 is 10.0 Å². The van der Waals surface area contributed by atoms with Crippen LogP contribution in [0.25, 0.3) is 0 Å². The van der Waals surface area contributed by atoms with Gasteiger partial charge in [-0.1, -0.05) is 11.3 Å². The van der Waals surface area contributed by atoms with Gasteiger partial charge in [-0.3, -0.25) is 9.52 Å². The van der Waals surface area contributed by atoms with Gasteiger partial charge < -0.3 is 5.32 Å². The molecule has 8 nitrogen and oxygen atoms in total. The lowest BCUT2D eigenvalue weighted by atomic mass is 10.3. The first-order valence-electron chi connectivity index (χ1n) is 5.54. The molecule has 0 unspecified atom stereocenters. The number of carbonyl (C=O) groups excluding carboxylic acids is 1. The summed E-state index contributed by atoms with van der Waals surface area (Å²) in [5.41, 5.74) is 1.10. The molecule has 11 heteroatoms. The van der Waals surface area contributed by atoms with E-state index in [0.29, 0.717) is 10.3 Å². The average molecular weight is 392 g/mol. The smallest absolute Gasteiger partial charge is 0.291 e. The fraction of sp³-hybridized carbons (Fsp3) is 0.200. The number of pyridine rings is 1. The van der Waals surface area contributed by atoms with Gasteiger partial charge >= 0.3 is 0 Å². The molecule has 2 rings (SSSR count). The molecule has 21 heavy (non-hydrogen) atoms. The Kier molecular flexibility index (Phi) is 4.54. The van der Waals surface area contributed by atoms with Crippen LogP contribution in [-0.4, -0.2) is 29.5 Å². The molecule has 0 fully saturated rings. The molecule has 2 N–H and O–H groups in total. The summed E-state index contributed by atoms with van der Waals surface area (Å²) in [5, 5.41) is 9.63. The van der Waals surface area contributed by atoms with Gasteiger partial charge in [-0.05, 0) is 34.5 Å². The number of carbonyl (C=O) groups is 1. The Labute approximate surface area is 133 Å². The van der Waals surface area contributed by atoms with E-state index in [4.69, 9.17) is 0 Å². The van der Waals surface area contributed by atoms with Crippen LogP contribution in [0.1, 0.15) is 12.5 Å². The molecule has 0 bridgehead atoms. The predicted octanol–water partition coefficient (Wildman–Crippen LogP) is 1.76. The van der Waals surface area contributed by atoms with E-state index in [1.807, 2.05) is 0 Å². The number of sulfonamides is 1. The van der Waals surface area contributed by atoms with Crippen molar-refractivity contribution in [3.63, 3.8) is 0 Å². The molecule has 0 aliphatic carbocycles. The second kappa shape index (κ2) is 6.03. The van der Waals surface area contributed by atoms with E-state index < -0.39 is 10.0 Å². The minimum atomic E-state index is -3.87. The van der Waals surface area contributed by atoms with Gasteiger partial charge in [0.2, 0.25) is 11.0 Å². The van der Waals surface area contributed by atoms with Crippen molar-refractivity contribution in [1.29, 1.82) is 0 Å². The van der Waals surface area contributed by atoms with E-state index in [9.17, 15) is 13.2 Å². The molecular formula is C10H10BrN5O3S2. The zero-order valence-corrected chi connectivity index (χ0v) is 14.1. The van der Waals surface area contributed by atoms with Crippen molar-refractivity contribution in [3.05, 3.63) is 22.4 Å². The summed E-state index contributed by atoms with van der Waals surface area (Å²) >= 11 is 3.99. The Morgan fingerprint density at radius 1 is 1.38 bits per heavy atom. The zero-order valence-electron chi connectivity index (χ0n) is 10.9. The summed E-state index contributed by atoms with van der Waals surface area (Å²) in [4.78, 5) is 14.9. The highest BCUT2D eigenvalue weighted by Crippen LogP contribution is 2.23. The molecule has 0 saturated heterocycles. The lowest BCUT2D eigenvalue weighted by molar-refractivity contribution is -0.114. The largest absolute Gasteiger partial charge is 0.301 e. The summed E-state index contributed by atoms with van der Waals surface area (Å²) < 4.78 is 27.0. The molecule has 1 amide bonds. The van der Waals surface area contributed by atoms with E-state index in [-0.39, 0.29) is 15.4 Å². The predicted molar refractivity (Wildman–Crippen MR) is 81.7 cm³/mol. The molecule has 112 valence electrons. The van der Waals surface area contributed by atoms with Crippen molar-refractivity contribution in [2.24, 2.45) is 0 Å². The van der Waals surface area contributed by atoms with Crippen molar-refractivity contribution in [2.45, 2.75) is 18.2 Å². The normalized spacial score (nSPS) is 11.2. The van der Waals surface area contributed by atoms with Crippen LogP contribution in [0.3, 0.4) is 0 Å². The highest BCUT2D eigenvalue weighted by Gasteiger charge is 2.21. The Hall–Kier alpha value is -1.59. The highest BCUT2D eigenvalue weighted by atomic mass is 79.9. The lowest BCUT2D eigenvalue weighted by Gasteiger charge is -2.06. The molecule has 2 heterocycles. The summed E-state index contributed by atoms with van der Waals surface area (Å²) in [7, 11) is -3.87. The zero-order chi connectivity index (χ0) is 15.6. The summed E-state index contributed by atoms with van der Waals surface area (Å²) in [6.45, 7) is 3.08. The monoisotopic (exact) mass is 391 g/mol. The van der Waals surface area contributed by atoms with Gasteiger partial charge in [0.05, 0.1) is 11.9 Å². The quantitative estimate of drug-likeness (QED) is 0.606. The fourth-order valence-corrected chi connectivity index (χ4v) is 3.53. The van der Waals surface area contributed by atoms with Crippen molar-refractivity contribution in [3.8, 4) is 0 Å². The van der Waals surface area contributed by atoms with Gasteiger partial charge in [0.1, 0.15) is 4.60 Å². The SMILES string of the molecule is CC(=O)Nc1nnc(S(=O)(=O)Nc2cnc(Br)c(C)c2)s1. The summed E-state index contributed by atoms with van der Waals surface area (Å²) in [5.74, 6) is -0.351. The van der Waals surface area contributed by atoms with Gasteiger partial charge in [-0.25, -0.2) is 4.98 Å². The number of halogens is 1. The van der Waals surface area contributed by atoms with Crippen LogP contribution >= 0.6 is 27.3 Å². The third kappa shape index (κ3) is 3.95. The Balaban J connectivity index is 2.23. The van der Waals surface area contributed by atoms with Crippen LogP contribution in [0.2, 0.25) is 0 Å². The van der Waals surface area contributed by atoms with E-state index in [1.54, 1.807) is 13.0 Å². The summed E-state index contributed by atoms with van der Waals surface area (Å²) in [6.07, 6.45) is 1.38. The maximum atomic E-state index is 12.1. The number of aromatic nitrogens is 3. The number of aryl methyl sites for hydroxylation is 1. The van der Waals surface area contributed by atoms with E-state index >= 15 is 0 Å². The van der Waals surface area contributed by atoms with Crippen molar-refractivity contribution < 1.29 is 13.2 Å². The minimum Gasteiger partial charge on any atom is -0.301 e. The van der Waals surface area contributed by atoms with Gasteiger partial charge in [0.15, 0.2) is 0 Å². The molecule has 0 aliphatic heterocycles. The molecule has 0 radical (unpaired) electrons. The Bertz CT molecular complexity index is 790. The second-order valence-corrected chi connectivity index (χ2v) is 7.58. The van der Waals surface area contributed by atoms with Crippen LogP contribution in [0.5, 0.6) is 0 Å². The van der Waals surface area contributed by atoms with Gasteiger partial charge in [-0.15, -0.1) is 10.2 Å². The van der Waals surface area contributed by atoms with E-state index in [1.165, 1.54) is 13.1 Å². The number of hydrogen-bond acceptors (Lipinski definition) is 7.